The number of hydrogen-bond acceptors (Lipinski definition) is 8. The van der Waals surface area contributed by atoms with Crippen LogP contribution < -0.4 is 15.1 Å². The van der Waals surface area contributed by atoms with E-state index in [9.17, 15) is 18.0 Å². The van der Waals surface area contributed by atoms with Crippen molar-refractivity contribution in [2.45, 2.75) is 19.9 Å². The van der Waals surface area contributed by atoms with Gasteiger partial charge in [-0.1, -0.05) is 48.2 Å². The van der Waals surface area contributed by atoms with Gasteiger partial charge in [-0.05, 0) is 60.6 Å². The predicted molar refractivity (Wildman–Crippen MR) is 166 cm³/mol. The molecular weight excluding hydrogens is 615 g/mol. The average Bonchev–Trinajstić information content (AvgIpc) is 3.61. The number of aliphatic imine (C=N–C) groups is 1. The second-order valence-electron chi connectivity index (χ2n) is 9.33. The highest BCUT2D eigenvalue weighted by molar-refractivity contribution is 8.15. The number of thioether (sulfide) groups is 1. The van der Waals surface area contributed by atoms with Crippen molar-refractivity contribution in [1.82, 2.24) is 20.2 Å². The van der Waals surface area contributed by atoms with Crippen LogP contribution in [0.25, 0.3) is 17.1 Å². The van der Waals surface area contributed by atoms with Crippen molar-refractivity contribution in [3.05, 3.63) is 89.7 Å². The number of rotatable bonds is 8. The molecule has 0 unspecified atom stereocenters. The number of ether oxygens (including phenoxy) is 2. The van der Waals surface area contributed by atoms with Gasteiger partial charge in [-0.2, -0.15) is 10.1 Å². The van der Waals surface area contributed by atoms with Crippen molar-refractivity contribution in [2.75, 3.05) is 17.8 Å². The van der Waals surface area contributed by atoms with Crippen LogP contribution in [0.1, 0.15) is 16.7 Å². The molecule has 1 N–H and O–H groups in total. The molecule has 1 aliphatic rings. The molecule has 1 fully saturated rings. The standard InChI is InChI=1S/C29H24F3N7O3S2/c1-18-3-6-21(15-41-2)24(13-18)39-25(40)16-44-28(39)35-27(43)36-34-14-19-4-7-20(8-5-19)26-33-17-38(37-26)22-9-11-23(12-10-22)42-29(30,31)32/h3-14,17H,15-16H2,1-2H3,(H,36,43)/b34-14+,35-28?. The third-order valence-electron chi connectivity index (χ3n) is 6.11. The summed E-state index contributed by atoms with van der Waals surface area (Å²) in [6, 6.07) is 18.3. The molecule has 1 aliphatic heterocycles. The number of hydrogen-bond donors (Lipinski definition) is 1. The first-order chi connectivity index (χ1) is 21.1. The molecule has 0 radical (unpaired) electrons. The van der Waals surface area contributed by atoms with Crippen LogP contribution in [0.3, 0.4) is 0 Å². The minimum absolute atomic E-state index is 0.0914. The summed E-state index contributed by atoms with van der Waals surface area (Å²) in [4.78, 5) is 23.0. The summed E-state index contributed by atoms with van der Waals surface area (Å²) in [5.74, 6) is 0.244. The van der Waals surface area contributed by atoms with Crippen LogP contribution in [0.2, 0.25) is 0 Å². The van der Waals surface area contributed by atoms with Gasteiger partial charge < -0.3 is 9.47 Å². The molecule has 1 saturated heterocycles. The number of amidine groups is 1. The summed E-state index contributed by atoms with van der Waals surface area (Å²) in [5.41, 5.74) is 7.28. The molecule has 0 bridgehead atoms. The molecule has 1 amide bonds. The van der Waals surface area contributed by atoms with Crippen LogP contribution in [-0.4, -0.2) is 56.4 Å². The van der Waals surface area contributed by atoms with Gasteiger partial charge in [-0.15, -0.1) is 18.3 Å². The monoisotopic (exact) mass is 639 g/mol. The molecule has 0 saturated carbocycles. The predicted octanol–water partition coefficient (Wildman–Crippen LogP) is 5.63. The van der Waals surface area contributed by atoms with E-state index in [1.807, 2.05) is 37.3 Å². The Hall–Kier alpha value is -4.60. The Balaban J connectivity index is 1.21. The van der Waals surface area contributed by atoms with Crippen LogP contribution in [0.4, 0.5) is 18.9 Å². The fourth-order valence-electron chi connectivity index (χ4n) is 4.15. The summed E-state index contributed by atoms with van der Waals surface area (Å²) in [6.45, 7) is 2.29. The lowest BCUT2D eigenvalue weighted by atomic mass is 10.1. The molecule has 0 spiro atoms. The van der Waals surface area contributed by atoms with Gasteiger partial charge in [0.15, 0.2) is 11.0 Å². The Labute approximate surface area is 259 Å². The fourth-order valence-corrected chi connectivity index (χ4v) is 5.22. The molecule has 3 aromatic carbocycles. The third kappa shape index (κ3) is 7.67. The quantitative estimate of drug-likeness (QED) is 0.150. The first kappa shape index (κ1) is 30.8. The summed E-state index contributed by atoms with van der Waals surface area (Å²) in [7, 11) is 1.60. The lowest BCUT2D eigenvalue weighted by molar-refractivity contribution is -0.274. The number of anilines is 1. The largest absolute Gasteiger partial charge is 0.573 e. The minimum atomic E-state index is -4.76. The van der Waals surface area contributed by atoms with Crippen molar-refractivity contribution in [1.29, 1.82) is 0 Å². The van der Waals surface area contributed by atoms with E-state index in [1.165, 1.54) is 47.0 Å². The van der Waals surface area contributed by atoms with E-state index in [1.54, 1.807) is 30.4 Å². The second kappa shape index (κ2) is 13.4. The van der Waals surface area contributed by atoms with Gasteiger partial charge in [0, 0.05) is 18.2 Å². The third-order valence-corrected chi connectivity index (χ3v) is 7.22. The number of carbonyl (C=O) groups excluding carboxylic acids is 1. The first-order valence-electron chi connectivity index (χ1n) is 12.9. The zero-order valence-electron chi connectivity index (χ0n) is 23.3. The smallest absolute Gasteiger partial charge is 0.406 e. The molecule has 15 heteroatoms. The summed E-state index contributed by atoms with van der Waals surface area (Å²) >= 11 is 6.64. The SMILES string of the molecule is COCc1ccc(C)cc1N1C(=O)CSC1=NC(=S)N/N=C/c1ccc(-c2ncn(-c3ccc(OC(F)(F)F)cc3)n2)cc1. The van der Waals surface area contributed by atoms with Crippen molar-refractivity contribution in [3.8, 4) is 22.8 Å². The topological polar surface area (TPSA) is 106 Å². The Kier molecular flexibility index (Phi) is 9.37. The number of halogens is 3. The number of amides is 1. The highest BCUT2D eigenvalue weighted by atomic mass is 32.2. The highest BCUT2D eigenvalue weighted by Crippen LogP contribution is 2.31. The molecule has 44 heavy (non-hydrogen) atoms. The van der Waals surface area contributed by atoms with Crippen molar-refractivity contribution < 1.29 is 27.4 Å². The molecule has 2 heterocycles. The van der Waals surface area contributed by atoms with E-state index >= 15 is 0 Å². The molecule has 4 aromatic rings. The van der Waals surface area contributed by atoms with Gasteiger partial charge in [0.2, 0.25) is 11.0 Å². The van der Waals surface area contributed by atoms with Gasteiger partial charge in [0.25, 0.3) is 0 Å². The van der Waals surface area contributed by atoms with E-state index in [-0.39, 0.29) is 22.5 Å². The van der Waals surface area contributed by atoms with Gasteiger partial charge in [-0.25, -0.2) is 9.67 Å². The maximum absolute atomic E-state index is 12.7. The minimum Gasteiger partial charge on any atom is -0.406 e. The number of carbonyl (C=O) groups is 1. The summed E-state index contributed by atoms with van der Waals surface area (Å²) in [6.07, 6.45) is -1.73. The number of aryl methyl sites for hydroxylation is 1. The summed E-state index contributed by atoms with van der Waals surface area (Å²) < 4.78 is 47.8. The lowest BCUT2D eigenvalue weighted by Gasteiger charge is -2.20. The molecular formula is C29H24F3N7O3S2. The normalized spacial score (nSPS) is 14.5. The molecule has 226 valence electrons. The Morgan fingerprint density at radius 3 is 2.59 bits per heavy atom. The van der Waals surface area contributed by atoms with E-state index in [4.69, 9.17) is 17.0 Å². The number of hydrazone groups is 1. The van der Waals surface area contributed by atoms with E-state index in [2.05, 4.69) is 30.3 Å². The molecule has 10 nitrogen and oxygen atoms in total. The van der Waals surface area contributed by atoms with Gasteiger partial charge in [0.1, 0.15) is 12.1 Å². The fraction of sp³-hybridized carbons (Fsp3) is 0.172. The Morgan fingerprint density at radius 1 is 1.14 bits per heavy atom. The highest BCUT2D eigenvalue weighted by Gasteiger charge is 2.32. The maximum atomic E-state index is 12.7. The van der Waals surface area contributed by atoms with E-state index < -0.39 is 6.36 Å². The average molecular weight is 640 g/mol. The Morgan fingerprint density at radius 2 is 1.89 bits per heavy atom. The van der Waals surface area contributed by atoms with E-state index in [0.717, 1.165) is 22.3 Å². The summed E-state index contributed by atoms with van der Waals surface area (Å²) in [5, 5.41) is 9.11. The first-order valence-corrected chi connectivity index (χ1v) is 14.3. The molecule has 0 aliphatic carbocycles. The van der Waals surface area contributed by atoms with Crippen LogP contribution in [0.15, 0.2) is 83.2 Å². The van der Waals surface area contributed by atoms with E-state index in [0.29, 0.717) is 29.0 Å². The molecule has 5 rings (SSSR count). The van der Waals surface area contributed by atoms with Crippen LogP contribution in [0, 0.1) is 6.92 Å². The Bertz CT molecular complexity index is 1720. The number of nitrogens with one attached hydrogen (secondary N) is 1. The van der Waals surface area contributed by atoms with Crippen molar-refractivity contribution >= 4 is 52.1 Å². The lowest BCUT2D eigenvalue weighted by Crippen LogP contribution is -2.31. The maximum Gasteiger partial charge on any atom is 0.573 e. The van der Waals surface area contributed by atoms with Crippen molar-refractivity contribution in [3.63, 3.8) is 0 Å². The number of alkyl halides is 3. The van der Waals surface area contributed by atoms with Crippen LogP contribution >= 0.6 is 24.0 Å². The van der Waals surface area contributed by atoms with Gasteiger partial charge >= 0.3 is 6.36 Å². The number of aromatic nitrogens is 3. The number of benzene rings is 3. The van der Waals surface area contributed by atoms with Crippen LogP contribution in [-0.2, 0) is 16.1 Å². The zero-order chi connectivity index (χ0) is 31.3. The zero-order valence-corrected chi connectivity index (χ0v) is 24.9. The number of thiocarbonyl (C=S) groups is 1. The van der Waals surface area contributed by atoms with Gasteiger partial charge in [-0.3, -0.25) is 15.1 Å². The van der Waals surface area contributed by atoms with Gasteiger partial charge in [0.05, 0.1) is 29.9 Å². The number of nitrogens with zero attached hydrogens (tertiary/aromatic N) is 6. The van der Waals surface area contributed by atoms with Crippen LogP contribution in [0.5, 0.6) is 5.75 Å². The van der Waals surface area contributed by atoms with Crippen molar-refractivity contribution in [2.24, 2.45) is 10.1 Å². The molecule has 0 atom stereocenters. The number of methoxy groups -OCH3 is 1. The second-order valence-corrected chi connectivity index (χ2v) is 10.7. The molecule has 1 aromatic heterocycles.